The summed E-state index contributed by atoms with van der Waals surface area (Å²) in [4.78, 5) is 35.8. The maximum absolute atomic E-state index is 11.7. The number of hydrogen-bond donors (Lipinski definition) is 0. The lowest BCUT2D eigenvalue weighted by molar-refractivity contribution is -0.144. The molecule has 0 aromatic rings. The molecule has 6 nitrogen and oxygen atoms in total. The second-order valence-corrected chi connectivity index (χ2v) is 3.95. The van der Waals surface area contributed by atoms with Gasteiger partial charge < -0.3 is 14.4 Å². The van der Waals surface area contributed by atoms with Crippen LogP contribution in [0.1, 0.15) is 12.8 Å². The Bertz CT molecular complexity index is 315. The summed E-state index contributed by atoms with van der Waals surface area (Å²) in [5.74, 6) is -1.24. The van der Waals surface area contributed by atoms with Crippen LogP contribution in [0, 0.1) is 5.92 Å². The third-order valence-corrected chi connectivity index (χ3v) is 2.78. The van der Waals surface area contributed by atoms with Gasteiger partial charge in [-0.05, 0) is 0 Å². The third kappa shape index (κ3) is 3.81. The van der Waals surface area contributed by atoms with Crippen molar-refractivity contribution in [1.82, 2.24) is 4.90 Å². The standard InChI is InChI=1S/C11H17NO5/c1-16-4-3-12-7-8(5-10(12)14)9(13)6-11(15)17-2/h8H,3-7H2,1-2H3/t8-/m0/s1. The molecule has 1 saturated heterocycles. The number of Topliss-reactive ketones (excluding diaryl/α,β-unsaturated/α-hetero) is 1. The van der Waals surface area contributed by atoms with Crippen molar-refractivity contribution >= 4 is 17.7 Å². The zero-order valence-corrected chi connectivity index (χ0v) is 10.1. The second-order valence-electron chi connectivity index (χ2n) is 3.95. The van der Waals surface area contributed by atoms with Crippen molar-refractivity contribution in [3.8, 4) is 0 Å². The molecule has 96 valence electrons. The summed E-state index contributed by atoms with van der Waals surface area (Å²) in [6.45, 7) is 1.30. The third-order valence-electron chi connectivity index (χ3n) is 2.78. The Hall–Kier alpha value is -1.43. The Balaban J connectivity index is 2.45. The summed E-state index contributed by atoms with van der Waals surface area (Å²) < 4.78 is 9.30. The van der Waals surface area contributed by atoms with Crippen molar-refractivity contribution < 1.29 is 23.9 Å². The van der Waals surface area contributed by atoms with Crippen LogP contribution in [0.15, 0.2) is 0 Å². The molecule has 17 heavy (non-hydrogen) atoms. The molecule has 1 aliphatic heterocycles. The summed E-state index contributed by atoms with van der Waals surface area (Å²) in [6, 6.07) is 0. The first-order valence-electron chi connectivity index (χ1n) is 5.44. The minimum atomic E-state index is -0.558. The lowest BCUT2D eigenvalue weighted by Gasteiger charge is -2.15. The van der Waals surface area contributed by atoms with E-state index < -0.39 is 11.9 Å². The van der Waals surface area contributed by atoms with E-state index in [9.17, 15) is 14.4 Å². The summed E-state index contributed by atoms with van der Waals surface area (Å²) in [5, 5.41) is 0. The fourth-order valence-corrected chi connectivity index (χ4v) is 1.76. The predicted octanol–water partition coefficient (Wildman–Crippen LogP) is -0.386. The number of nitrogens with zero attached hydrogens (tertiary/aromatic N) is 1. The van der Waals surface area contributed by atoms with E-state index in [-0.39, 0.29) is 24.5 Å². The Kier molecular flexibility index (Phi) is 5.09. The average Bonchev–Trinajstić information content (AvgIpc) is 2.68. The maximum atomic E-state index is 11.7. The van der Waals surface area contributed by atoms with Crippen molar-refractivity contribution in [3.63, 3.8) is 0 Å². The van der Waals surface area contributed by atoms with Crippen molar-refractivity contribution in [3.05, 3.63) is 0 Å². The summed E-state index contributed by atoms with van der Waals surface area (Å²) in [5.41, 5.74) is 0. The number of carbonyl (C=O) groups is 3. The van der Waals surface area contributed by atoms with Gasteiger partial charge in [-0.2, -0.15) is 0 Å². The van der Waals surface area contributed by atoms with E-state index in [1.54, 1.807) is 12.0 Å². The van der Waals surface area contributed by atoms with Crippen LogP contribution in [-0.2, 0) is 23.9 Å². The van der Waals surface area contributed by atoms with Crippen molar-refractivity contribution in [2.24, 2.45) is 5.92 Å². The minimum Gasteiger partial charge on any atom is -0.469 e. The number of esters is 1. The van der Waals surface area contributed by atoms with E-state index in [0.717, 1.165) is 0 Å². The zero-order valence-electron chi connectivity index (χ0n) is 10.1. The van der Waals surface area contributed by atoms with E-state index in [0.29, 0.717) is 19.7 Å². The number of ketones is 1. The number of rotatable bonds is 6. The summed E-state index contributed by atoms with van der Waals surface area (Å²) >= 11 is 0. The van der Waals surface area contributed by atoms with Gasteiger partial charge in [-0.15, -0.1) is 0 Å². The highest BCUT2D eigenvalue weighted by molar-refractivity contribution is 5.99. The van der Waals surface area contributed by atoms with Gasteiger partial charge in [-0.3, -0.25) is 14.4 Å². The van der Waals surface area contributed by atoms with Crippen molar-refractivity contribution in [2.45, 2.75) is 12.8 Å². The number of ether oxygens (including phenoxy) is 2. The molecule has 0 aromatic heterocycles. The van der Waals surface area contributed by atoms with Crippen LogP contribution in [0.3, 0.4) is 0 Å². The van der Waals surface area contributed by atoms with Crippen molar-refractivity contribution in [2.75, 3.05) is 33.9 Å². The van der Waals surface area contributed by atoms with Gasteiger partial charge >= 0.3 is 5.97 Å². The smallest absolute Gasteiger partial charge is 0.313 e. The molecule has 6 heteroatoms. The van der Waals surface area contributed by atoms with Gasteiger partial charge in [0.15, 0.2) is 0 Å². The topological polar surface area (TPSA) is 72.9 Å². The largest absolute Gasteiger partial charge is 0.469 e. The van der Waals surface area contributed by atoms with Crippen LogP contribution < -0.4 is 0 Å². The van der Waals surface area contributed by atoms with E-state index in [1.165, 1.54) is 7.11 Å². The van der Waals surface area contributed by atoms with Gasteiger partial charge in [0.2, 0.25) is 5.91 Å². The second kappa shape index (κ2) is 6.34. The van der Waals surface area contributed by atoms with E-state index in [1.807, 2.05) is 0 Å². The molecule has 0 N–H and O–H groups in total. The first-order chi connectivity index (χ1) is 8.08. The van der Waals surface area contributed by atoms with Crippen LogP contribution in [0.5, 0.6) is 0 Å². The maximum Gasteiger partial charge on any atom is 0.313 e. The summed E-state index contributed by atoms with van der Waals surface area (Å²) in [7, 11) is 2.79. The lowest BCUT2D eigenvalue weighted by Crippen LogP contribution is -2.30. The molecule has 0 unspecified atom stereocenters. The van der Waals surface area contributed by atoms with Gasteiger partial charge in [0.1, 0.15) is 12.2 Å². The lowest BCUT2D eigenvalue weighted by atomic mass is 10.0. The fraction of sp³-hybridized carbons (Fsp3) is 0.727. The molecule has 0 aliphatic carbocycles. The Morgan fingerprint density at radius 1 is 1.41 bits per heavy atom. The van der Waals surface area contributed by atoms with Gasteiger partial charge in [0.25, 0.3) is 0 Å². The molecule has 1 heterocycles. The van der Waals surface area contributed by atoms with Crippen LogP contribution in [0.25, 0.3) is 0 Å². The highest BCUT2D eigenvalue weighted by Gasteiger charge is 2.34. The zero-order chi connectivity index (χ0) is 12.8. The number of amides is 1. The van der Waals surface area contributed by atoms with Crippen LogP contribution in [0.4, 0.5) is 0 Å². The number of carbonyl (C=O) groups excluding carboxylic acids is 3. The molecule has 0 spiro atoms. The SMILES string of the molecule is COCCN1C[C@@H](C(=O)CC(=O)OC)CC1=O. The number of methoxy groups -OCH3 is 2. The molecule has 1 fully saturated rings. The van der Waals surface area contributed by atoms with E-state index in [2.05, 4.69) is 4.74 Å². The molecule has 1 rings (SSSR count). The number of hydrogen-bond acceptors (Lipinski definition) is 5. The molecule has 0 saturated carbocycles. The molecule has 0 aromatic carbocycles. The normalized spacial score (nSPS) is 19.5. The van der Waals surface area contributed by atoms with Crippen LogP contribution >= 0.6 is 0 Å². The molecule has 1 aliphatic rings. The minimum absolute atomic E-state index is 0.0646. The van der Waals surface area contributed by atoms with Gasteiger partial charge in [-0.25, -0.2) is 0 Å². The van der Waals surface area contributed by atoms with E-state index in [4.69, 9.17) is 4.74 Å². The molecule has 1 amide bonds. The predicted molar refractivity (Wildman–Crippen MR) is 58.2 cm³/mol. The molecule has 0 radical (unpaired) electrons. The van der Waals surface area contributed by atoms with Crippen LogP contribution in [0.2, 0.25) is 0 Å². The Labute approximate surface area is 99.9 Å². The van der Waals surface area contributed by atoms with E-state index >= 15 is 0 Å². The van der Waals surface area contributed by atoms with Crippen LogP contribution in [-0.4, -0.2) is 56.5 Å². The summed E-state index contributed by atoms with van der Waals surface area (Å²) in [6.07, 6.45) is -0.0773. The highest BCUT2D eigenvalue weighted by atomic mass is 16.5. The first-order valence-corrected chi connectivity index (χ1v) is 5.44. The Morgan fingerprint density at radius 2 is 2.12 bits per heavy atom. The first kappa shape index (κ1) is 13.6. The Morgan fingerprint density at radius 3 is 2.71 bits per heavy atom. The molecular weight excluding hydrogens is 226 g/mol. The molecule has 0 bridgehead atoms. The average molecular weight is 243 g/mol. The van der Waals surface area contributed by atoms with Gasteiger partial charge in [0.05, 0.1) is 13.7 Å². The fourth-order valence-electron chi connectivity index (χ4n) is 1.76. The molecule has 1 atom stereocenters. The quantitative estimate of drug-likeness (QED) is 0.469. The van der Waals surface area contributed by atoms with Gasteiger partial charge in [0, 0.05) is 32.5 Å². The highest BCUT2D eigenvalue weighted by Crippen LogP contribution is 2.19. The van der Waals surface area contributed by atoms with Crippen molar-refractivity contribution in [1.29, 1.82) is 0 Å². The monoisotopic (exact) mass is 243 g/mol. The van der Waals surface area contributed by atoms with Gasteiger partial charge in [-0.1, -0.05) is 0 Å². The number of likely N-dealkylation sites (tertiary alicyclic amines) is 1. The molecular formula is C11H17NO5.